The van der Waals surface area contributed by atoms with Gasteiger partial charge >= 0.3 is 0 Å². The number of hydrogen-bond donors (Lipinski definition) is 0. The Morgan fingerprint density at radius 3 is 2.24 bits per heavy atom. The first-order valence-corrected chi connectivity index (χ1v) is 6.52. The molecule has 2 aromatic carbocycles. The van der Waals surface area contributed by atoms with Crippen molar-refractivity contribution in [2.24, 2.45) is 5.18 Å². The standard InChI is InChI=1S/C15H13N5O/c1-11-16-18-19-20(11)15(17-21)14-9-7-13(8-10-14)12-5-3-2-4-6-12/h2-10,15H,1H3. The molecular weight excluding hydrogens is 266 g/mol. The maximum atomic E-state index is 11.1. The fourth-order valence-electron chi connectivity index (χ4n) is 2.19. The third-order valence-electron chi connectivity index (χ3n) is 3.30. The minimum absolute atomic E-state index is 0.548. The Balaban J connectivity index is 1.93. The van der Waals surface area contributed by atoms with Crippen LogP contribution in [0, 0.1) is 11.8 Å². The zero-order valence-electron chi connectivity index (χ0n) is 11.4. The Kier molecular flexibility index (Phi) is 3.51. The van der Waals surface area contributed by atoms with Crippen molar-refractivity contribution in [3.05, 3.63) is 70.9 Å². The molecule has 0 N–H and O–H groups in total. The molecule has 1 heterocycles. The van der Waals surface area contributed by atoms with Gasteiger partial charge in [0.25, 0.3) is 0 Å². The third-order valence-corrected chi connectivity index (χ3v) is 3.30. The van der Waals surface area contributed by atoms with Crippen molar-refractivity contribution >= 4 is 0 Å². The largest absolute Gasteiger partial charge is 0.212 e. The summed E-state index contributed by atoms with van der Waals surface area (Å²) in [5.74, 6) is 0.548. The van der Waals surface area contributed by atoms with Crippen LogP contribution in [-0.4, -0.2) is 20.2 Å². The Labute approximate surface area is 121 Å². The highest BCUT2D eigenvalue weighted by Gasteiger charge is 2.17. The summed E-state index contributed by atoms with van der Waals surface area (Å²) in [7, 11) is 0. The van der Waals surface area contributed by atoms with E-state index in [-0.39, 0.29) is 0 Å². The van der Waals surface area contributed by atoms with Crippen LogP contribution in [0.4, 0.5) is 0 Å². The molecule has 0 saturated heterocycles. The maximum absolute atomic E-state index is 11.1. The lowest BCUT2D eigenvalue weighted by molar-refractivity contribution is 0.510. The molecule has 0 fully saturated rings. The van der Waals surface area contributed by atoms with Gasteiger partial charge in [-0.3, -0.25) is 0 Å². The van der Waals surface area contributed by atoms with Crippen molar-refractivity contribution in [2.75, 3.05) is 0 Å². The van der Waals surface area contributed by atoms with Gasteiger partial charge in [0.2, 0.25) is 6.17 Å². The molecule has 0 radical (unpaired) electrons. The molecule has 3 rings (SSSR count). The highest BCUT2D eigenvalue weighted by molar-refractivity contribution is 5.63. The molecule has 0 spiro atoms. The van der Waals surface area contributed by atoms with Gasteiger partial charge in [0.05, 0.1) is 0 Å². The molecular formula is C15H13N5O. The van der Waals surface area contributed by atoms with Crippen LogP contribution in [0.2, 0.25) is 0 Å². The van der Waals surface area contributed by atoms with Crippen LogP contribution < -0.4 is 0 Å². The number of aromatic nitrogens is 4. The van der Waals surface area contributed by atoms with Gasteiger partial charge < -0.3 is 0 Å². The molecule has 6 heteroatoms. The first kappa shape index (κ1) is 13.1. The van der Waals surface area contributed by atoms with Crippen LogP contribution >= 0.6 is 0 Å². The van der Waals surface area contributed by atoms with Gasteiger partial charge in [-0.15, -0.1) is 10.0 Å². The molecule has 104 valence electrons. The van der Waals surface area contributed by atoms with E-state index in [1.54, 1.807) is 6.92 Å². The second-order valence-electron chi connectivity index (χ2n) is 4.64. The molecule has 1 unspecified atom stereocenters. The smallest absolute Gasteiger partial charge is 0.197 e. The van der Waals surface area contributed by atoms with E-state index in [1.807, 2.05) is 54.6 Å². The summed E-state index contributed by atoms with van der Waals surface area (Å²) in [6, 6.07) is 17.7. The molecule has 1 atom stereocenters. The Morgan fingerprint density at radius 1 is 1.00 bits per heavy atom. The number of hydrogen-bond acceptors (Lipinski definition) is 5. The summed E-state index contributed by atoms with van der Waals surface area (Å²) in [4.78, 5) is 11.1. The summed E-state index contributed by atoms with van der Waals surface area (Å²) in [6.07, 6.45) is -0.746. The molecule has 1 aromatic heterocycles. The Hall–Kier alpha value is -2.89. The van der Waals surface area contributed by atoms with Gasteiger partial charge in [-0.2, -0.15) is 4.68 Å². The first-order valence-electron chi connectivity index (χ1n) is 6.52. The van der Waals surface area contributed by atoms with Crippen molar-refractivity contribution in [2.45, 2.75) is 13.1 Å². The normalized spacial score (nSPS) is 12.0. The molecule has 0 saturated carbocycles. The van der Waals surface area contributed by atoms with Crippen LogP contribution in [0.5, 0.6) is 0 Å². The van der Waals surface area contributed by atoms with Gasteiger partial charge in [0, 0.05) is 5.56 Å². The van der Waals surface area contributed by atoms with Crippen molar-refractivity contribution in [3.8, 4) is 11.1 Å². The number of tetrazole rings is 1. The van der Waals surface area contributed by atoms with E-state index in [4.69, 9.17) is 0 Å². The third kappa shape index (κ3) is 2.55. The van der Waals surface area contributed by atoms with Crippen LogP contribution in [0.1, 0.15) is 17.6 Å². The Bertz CT molecular complexity index is 736. The van der Waals surface area contributed by atoms with Crippen molar-refractivity contribution in [1.82, 2.24) is 20.2 Å². The highest BCUT2D eigenvalue weighted by atomic mass is 16.3. The molecule has 0 amide bonds. The summed E-state index contributed by atoms with van der Waals surface area (Å²) in [5.41, 5.74) is 2.95. The number of aryl methyl sites for hydroxylation is 1. The van der Waals surface area contributed by atoms with Crippen molar-refractivity contribution in [3.63, 3.8) is 0 Å². The Morgan fingerprint density at radius 2 is 1.67 bits per heavy atom. The topological polar surface area (TPSA) is 73.0 Å². The molecule has 0 aliphatic carbocycles. The van der Waals surface area contributed by atoms with Gasteiger partial charge in [-0.25, -0.2) is 0 Å². The van der Waals surface area contributed by atoms with Gasteiger partial charge in [-0.05, 0) is 33.7 Å². The lowest BCUT2D eigenvalue weighted by Gasteiger charge is -2.11. The van der Waals surface area contributed by atoms with Crippen molar-refractivity contribution < 1.29 is 0 Å². The van der Waals surface area contributed by atoms with Crippen LogP contribution in [0.15, 0.2) is 59.8 Å². The average molecular weight is 279 g/mol. The first-order chi connectivity index (χ1) is 10.3. The van der Waals surface area contributed by atoms with E-state index >= 15 is 0 Å². The van der Waals surface area contributed by atoms with Crippen LogP contribution in [0.25, 0.3) is 11.1 Å². The van der Waals surface area contributed by atoms with E-state index in [0.29, 0.717) is 5.82 Å². The lowest BCUT2D eigenvalue weighted by Crippen LogP contribution is -2.11. The van der Waals surface area contributed by atoms with Gasteiger partial charge in [0.15, 0.2) is 5.82 Å². The molecule has 0 bridgehead atoms. The predicted molar refractivity (Wildman–Crippen MR) is 78.4 cm³/mol. The summed E-state index contributed by atoms with van der Waals surface area (Å²) in [5, 5.41) is 14.3. The second kappa shape index (κ2) is 5.62. The summed E-state index contributed by atoms with van der Waals surface area (Å²) in [6.45, 7) is 1.73. The van der Waals surface area contributed by atoms with Crippen LogP contribution in [-0.2, 0) is 0 Å². The molecule has 6 nitrogen and oxygen atoms in total. The highest BCUT2D eigenvalue weighted by Crippen LogP contribution is 2.24. The number of rotatable bonds is 4. The molecule has 3 aromatic rings. The fourth-order valence-corrected chi connectivity index (χ4v) is 2.19. The summed E-state index contributed by atoms with van der Waals surface area (Å²) >= 11 is 0. The van der Waals surface area contributed by atoms with Crippen LogP contribution in [0.3, 0.4) is 0 Å². The monoisotopic (exact) mass is 279 g/mol. The van der Waals surface area contributed by atoms with Gasteiger partial charge in [0.1, 0.15) is 0 Å². The van der Waals surface area contributed by atoms with E-state index in [0.717, 1.165) is 16.7 Å². The fraction of sp³-hybridized carbons (Fsp3) is 0.133. The van der Waals surface area contributed by atoms with Crippen molar-refractivity contribution in [1.29, 1.82) is 0 Å². The average Bonchev–Trinajstić information content (AvgIpc) is 2.96. The molecule has 0 aliphatic heterocycles. The maximum Gasteiger partial charge on any atom is 0.212 e. The van der Waals surface area contributed by atoms with Gasteiger partial charge in [-0.1, -0.05) is 54.6 Å². The zero-order valence-corrected chi connectivity index (χ0v) is 11.4. The van der Waals surface area contributed by atoms with E-state index < -0.39 is 6.17 Å². The molecule has 0 aliphatic rings. The second-order valence-corrected chi connectivity index (χ2v) is 4.64. The quantitative estimate of drug-likeness (QED) is 0.688. The number of nitrogens with zero attached hydrogens (tertiary/aromatic N) is 5. The minimum atomic E-state index is -0.746. The molecule has 21 heavy (non-hydrogen) atoms. The number of benzene rings is 2. The lowest BCUT2D eigenvalue weighted by atomic mass is 10.0. The van der Waals surface area contributed by atoms with E-state index in [9.17, 15) is 4.91 Å². The SMILES string of the molecule is Cc1nnnn1C(N=O)c1ccc(-c2ccccc2)cc1. The summed E-state index contributed by atoms with van der Waals surface area (Å²) < 4.78 is 1.41. The van der Waals surface area contributed by atoms with E-state index in [1.165, 1.54) is 4.68 Å². The van der Waals surface area contributed by atoms with E-state index in [2.05, 4.69) is 20.7 Å². The minimum Gasteiger partial charge on any atom is -0.197 e. The number of nitroso groups, excluding NO2 is 1. The zero-order chi connectivity index (χ0) is 14.7. The predicted octanol–water partition coefficient (Wildman–Crippen LogP) is 2.96.